The second-order valence-electron chi connectivity index (χ2n) is 6.54. The van der Waals surface area contributed by atoms with Gasteiger partial charge in [0.15, 0.2) is 0 Å². The van der Waals surface area contributed by atoms with Crippen LogP contribution in [0, 0.1) is 11.8 Å². The lowest BCUT2D eigenvalue weighted by Crippen LogP contribution is -2.30. The van der Waals surface area contributed by atoms with E-state index in [9.17, 15) is 0 Å². The lowest BCUT2D eigenvalue weighted by atomic mass is 10.0. The number of ether oxygens (including phenoxy) is 1. The maximum absolute atomic E-state index is 5.55. The van der Waals surface area contributed by atoms with Crippen molar-refractivity contribution in [2.45, 2.75) is 39.8 Å². The highest BCUT2D eigenvalue weighted by Gasteiger charge is 2.16. The lowest BCUT2D eigenvalue weighted by Gasteiger charge is -2.26. The zero-order valence-corrected chi connectivity index (χ0v) is 14.4. The third-order valence-corrected chi connectivity index (χ3v) is 4.58. The molecule has 5 heteroatoms. The van der Waals surface area contributed by atoms with Crippen LogP contribution < -0.4 is 5.32 Å². The maximum Gasteiger partial charge on any atom is 0.107 e. The van der Waals surface area contributed by atoms with Gasteiger partial charge in [-0.1, -0.05) is 13.8 Å². The van der Waals surface area contributed by atoms with Crippen molar-refractivity contribution in [3.8, 4) is 0 Å². The molecule has 1 saturated heterocycles. The third-order valence-electron chi connectivity index (χ3n) is 3.68. The summed E-state index contributed by atoms with van der Waals surface area (Å²) in [4.78, 5) is 7.10. The van der Waals surface area contributed by atoms with Gasteiger partial charge in [-0.2, -0.15) is 0 Å². The molecule has 0 aromatic carbocycles. The van der Waals surface area contributed by atoms with E-state index in [1.165, 1.54) is 23.5 Å². The van der Waals surface area contributed by atoms with Gasteiger partial charge in [0, 0.05) is 31.6 Å². The maximum atomic E-state index is 5.55. The number of nitrogens with zero attached hydrogens (tertiary/aromatic N) is 2. The first-order chi connectivity index (χ1) is 10.1. The van der Waals surface area contributed by atoms with Crippen molar-refractivity contribution in [3.05, 3.63) is 16.1 Å². The molecule has 1 unspecified atom stereocenters. The molecule has 0 amide bonds. The summed E-state index contributed by atoms with van der Waals surface area (Å²) in [6.45, 7) is 10.3. The Morgan fingerprint density at radius 3 is 3.10 bits per heavy atom. The second kappa shape index (κ2) is 8.83. The van der Waals surface area contributed by atoms with Gasteiger partial charge >= 0.3 is 0 Å². The van der Waals surface area contributed by atoms with Crippen LogP contribution in [0.5, 0.6) is 0 Å². The fraction of sp³-hybridized carbons (Fsp3) is 0.812. The van der Waals surface area contributed by atoms with Crippen LogP contribution in [0.25, 0.3) is 0 Å². The van der Waals surface area contributed by atoms with E-state index >= 15 is 0 Å². The van der Waals surface area contributed by atoms with Gasteiger partial charge < -0.3 is 15.0 Å². The second-order valence-corrected chi connectivity index (χ2v) is 7.48. The summed E-state index contributed by atoms with van der Waals surface area (Å²) in [5.74, 6) is 1.38. The van der Waals surface area contributed by atoms with Crippen molar-refractivity contribution >= 4 is 11.3 Å². The van der Waals surface area contributed by atoms with Crippen molar-refractivity contribution in [1.82, 2.24) is 15.2 Å². The van der Waals surface area contributed by atoms with Gasteiger partial charge in [0.2, 0.25) is 0 Å². The number of hydrogen-bond donors (Lipinski definition) is 1. The van der Waals surface area contributed by atoms with E-state index in [2.05, 4.69) is 36.5 Å². The molecule has 0 bridgehead atoms. The first-order valence-electron chi connectivity index (χ1n) is 8.03. The largest absolute Gasteiger partial charge is 0.381 e. The molecule has 2 heterocycles. The van der Waals surface area contributed by atoms with Crippen molar-refractivity contribution < 1.29 is 4.74 Å². The number of aromatic nitrogens is 1. The summed E-state index contributed by atoms with van der Waals surface area (Å²) < 4.78 is 5.55. The summed E-state index contributed by atoms with van der Waals surface area (Å²) in [7, 11) is 2.19. The van der Waals surface area contributed by atoms with Gasteiger partial charge in [0.25, 0.3) is 0 Å². The summed E-state index contributed by atoms with van der Waals surface area (Å²) in [5, 5.41) is 6.84. The Labute approximate surface area is 132 Å². The van der Waals surface area contributed by atoms with Gasteiger partial charge in [-0.15, -0.1) is 11.3 Å². The van der Waals surface area contributed by atoms with E-state index in [-0.39, 0.29) is 0 Å². The Kier molecular flexibility index (Phi) is 7.10. The van der Waals surface area contributed by atoms with E-state index < -0.39 is 0 Å². The summed E-state index contributed by atoms with van der Waals surface area (Å²) >= 11 is 1.76. The Morgan fingerprint density at radius 2 is 2.38 bits per heavy atom. The Hall–Kier alpha value is -0.490. The number of hydrogen-bond acceptors (Lipinski definition) is 5. The summed E-state index contributed by atoms with van der Waals surface area (Å²) in [6.07, 6.45) is 2.51. The molecule has 0 spiro atoms. The zero-order valence-electron chi connectivity index (χ0n) is 13.6. The molecule has 21 heavy (non-hydrogen) atoms. The van der Waals surface area contributed by atoms with E-state index in [1.807, 2.05) is 0 Å². The van der Waals surface area contributed by atoms with Crippen molar-refractivity contribution in [3.63, 3.8) is 0 Å². The molecule has 1 aliphatic heterocycles. The quantitative estimate of drug-likeness (QED) is 0.801. The zero-order chi connectivity index (χ0) is 15.1. The van der Waals surface area contributed by atoms with Crippen LogP contribution in [-0.2, 0) is 17.8 Å². The van der Waals surface area contributed by atoms with E-state index in [4.69, 9.17) is 9.72 Å². The minimum Gasteiger partial charge on any atom is -0.381 e. The van der Waals surface area contributed by atoms with Crippen LogP contribution in [0.1, 0.15) is 37.4 Å². The smallest absolute Gasteiger partial charge is 0.107 e. The van der Waals surface area contributed by atoms with Gasteiger partial charge in [0.1, 0.15) is 5.01 Å². The third kappa shape index (κ3) is 6.43. The molecule has 0 aliphatic carbocycles. The Morgan fingerprint density at radius 1 is 1.52 bits per heavy atom. The molecule has 120 valence electrons. The molecule has 1 aromatic heterocycles. The molecule has 2 rings (SSSR count). The lowest BCUT2D eigenvalue weighted by molar-refractivity contribution is 0.0410. The monoisotopic (exact) mass is 311 g/mol. The minimum atomic E-state index is 0.688. The molecular formula is C16H29N3OS. The van der Waals surface area contributed by atoms with Crippen LogP contribution in [0.2, 0.25) is 0 Å². The van der Waals surface area contributed by atoms with Crippen molar-refractivity contribution in [1.29, 1.82) is 0 Å². The van der Waals surface area contributed by atoms with E-state index in [0.717, 1.165) is 39.4 Å². The predicted octanol–water partition coefficient (Wildman–Crippen LogP) is 2.75. The SMILES string of the molecule is CC(C)CNCc1nc(CN(C)CC2CCCOC2)cs1. The topological polar surface area (TPSA) is 37.4 Å². The summed E-state index contributed by atoms with van der Waals surface area (Å²) in [5.41, 5.74) is 1.19. The highest BCUT2D eigenvalue weighted by Crippen LogP contribution is 2.16. The van der Waals surface area contributed by atoms with Crippen LogP contribution in [0.4, 0.5) is 0 Å². The van der Waals surface area contributed by atoms with E-state index in [0.29, 0.717) is 11.8 Å². The highest BCUT2D eigenvalue weighted by atomic mass is 32.1. The van der Waals surface area contributed by atoms with Gasteiger partial charge in [0.05, 0.1) is 12.3 Å². The molecule has 1 aromatic rings. The fourth-order valence-electron chi connectivity index (χ4n) is 2.70. The van der Waals surface area contributed by atoms with Gasteiger partial charge in [-0.3, -0.25) is 0 Å². The van der Waals surface area contributed by atoms with E-state index in [1.54, 1.807) is 11.3 Å². The molecule has 1 N–H and O–H groups in total. The van der Waals surface area contributed by atoms with Crippen LogP contribution in [0.15, 0.2) is 5.38 Å². The normalized spacial score (nSPS) is 19.6. The predicted molar refractivity (Wildman–Crippen MR) is 88.5 cm³/mol. The average molecular weight is 311 g/mol. The molecule has 4 nitrogen and oxygen atoms in total. The Bertz CT molecular complexity index is 402. The summed E-state index contributed by atoms with van der Waals surface area (Å²) in [6, 6.07) is 0. The van der Waals surface area contributed by atoms with Gasteiger partial charge in [-0.25, -0.2) is 4.98 Å². The number of nitrogens with one attached hydrogen (secondary N) is 1. The molecule has 1 fully saturated rings. The minimum absolute atomic E-state index is 0.688. The average Bonchev–Trinajstić information content (AvgIpc) is 2.86. The molecular weight excluding hydrogens is 282 g/mol. The first-order valence-corrected chi connectivity index (χ1v) is 8.91. The standard InChI is InChI=1S/C16H29N3OS/c1-13(2)7-17-8-16-18-15(12-21-16)10-19(3)9-14-5-4-6-20-11-14/h12-14,17H,4-11H2,1-3H3. The van der Waals surface area contributed by atoms with Crippen molar-refractivity contribution in [2.75, 3.05) is 33.4 Å². The van der Waals surface area contributed by atoms with Crippen LogP contribution in [-0.4, -0.2) is 43.2 Å². The molecule has 1 aliphatic rings. The number of rotatable bonds is 8. The fourth-order valence-corrected chi connectivity index (χ4v) is 3.46. The molecule has 0 saturated carbocycles. The van der Waals surface area contributed by atoms with Crippen molar-refractivity contribution in [2.24, 2.45) is 11.8 Å². The Balaban J connectivity index is 1.70. The molecule has 1 atom stereocenters. The van der Waals surface area contributed by atoms with Gasteiger partial charge in [-0.05, 0) is 38.3 Å². The van der Waals surface area contributed by atoms with Crippen LogP contribution >= 0.6 is 11.3 Å². The molecule has 0 radical (unpaired) electrons. The highest BCUT2D eigenvalue weighted by molar-refractivity contribution is 7.09. The first kappa shape index (κ1) is 16.9. The number of thiazole rings is 1. The van der Waals surface area contributed by atoms with Crippen LogP contribution in [0.3, 0.4) is 0 Å².